The van der Waals surface area contributed by atoms with Crippen molar-refractivity contribution in [3.8, 4) is 0 Å². The van der Waals surface area contributed by atoms with Crippen LogP contribution in [0.2, 0.25) is 0 Å². The second-order valence-electron chi connectivity index (χ2n) is 3.70. The van der Waals surface area contributed by atoms with Crippen molar-refractivity contribution in [3.05, 3.63) is 18.2 Å². The summed E-state index contributed by atoms with van der Waals surface area (Å²) in [6, 6.07) is 0. The number of aryl methyl sites for hydroxylation is 1. The Labute approximate surface area is 89.5 Å². The molecule has 2 heterocycles. The Morgan fingerprint density at radius 1 is 1.43 bits per heavy atom. The molecule has 2 rings (SSSR count). The van der Waals surface area contributed by atoms with Crippen LogP contribution in [0.4, 0.5) is 0 Å². The molecule has 0 radical (unpaired) electrons. The number of hydrogen-bond acceptors (Lipinski definition) is 3. The first-order valence-corrected chi connectivity index (χ1v) is 6.28. The molecule has 0 N–H and O–H groups in total. The third-order valence-electron chi connectivity index (χ3n) is 2.60. The van der Waals surface area contributed by atoms with Crippen LogP contribution in [0.15, 0.2) is 12.4 Å². The van der Waals surface area contributed by atoms with E-state index in [9.17, 15) is 0 Å². The highest BCUT2D eigenvalue weighted by Crippen LogP contribution is 2.11. The molecule has 1 aliphatic heterocycles. The number of nitrogens with zero attached hydrogens (tertiary/aromatic N) is 3. The lowest BCUT2D eigenvalue weighted by Gasteiger charge is -2.18. The van der Waals surface area contributed by atoms with Gasteiger partial charge in [0.25, 0.3) is 0 Å². The lowest BCUT2D eigenvalue weighted by molar-refractivity contribution is 0.277. The molecule has 0 aliphatic carbocycles. The fourth-order valence-corrected chi connectivity index (χ4v) is 2.63. The molecule has 0 bridgehead atoms. The SMILES string of the molecule is Cn1ccnc1CN1CCCSCC1. The number of aromatic nitrogens is 2. The van der Waals surface area contributed by atoms with Crippen molar-refractivity contribution in [3.63, 3.8) is 0 Å². The van der Waals surface area contributed by atoms with Gasteiger partial charge in [-0.3, -0.25) is 4.90 Å². The normalized spacial score (nSPS) is 19.5. The zero-order valence-electron chi connectivity index (χ0n) is 8.65. The Bertz CT molecular complexity index is 277. The van der Waals surface area contributed by atoms with Gasteiger partial charge in [0.05, 0.1) is 6.54 Å². The molecule has 4 heteroatoms. The smallest absolute Gasteiger partial charge is 0.122 e. The molecule has 0 spiro atoms. The highest BCUT2D eigenvalue weighted by molar-refractivity contribution is 7.99. The van der Waals surface area contributed by atoms with Crippen molar-refractivity contribution < 1.29 is 0 Å². The zero-order chi connectivity index (χ0) is 9.80. The third-order valence-corrected chi connectivity index (χ3v) is 3.65. The fourth-order valence-electron chi connectivity index (χ4n) is 1.70. The highest BCUT2D eigenvalue weighted by Gasteiger charge is 2.11. The summed E-state index contributed by atoms with van der Waals surface area (Å²) in [5.41, 5.74) is 0. The quantitative estimate of drug-likeness (QED) is 0.737. The Morgan fingerprint density at radius 3 is 3.14 bits per heavy atom. The summed E-state index contributed by atoms with van der Waals surface area (Å²) >= 11 is 2.07. The molecular weight excluding hydrogens is 194 g/mol. The molecule has 0 unspecified atom stereocenters. The van der Waals surface area contributed by atoms with Gasteiger partial charge in [-0.2, -0.15) is 11.8 Å². The van der Waals surface area contributed by atoms with Gasteiger partial charge in [0, 0.05) is 31.7 Å². The van der Waals surface area contributed by atoms with Crippen LogP contribution in [0.25, 0.3) is 0 Å². The monoisotopic (exact) mass is 211 g/mol. The first-order chi connectivity index (χ1) is 6.86. The average Bonchev–Trinajstić information content (AvgIpc) is 2.44. The largest absolute Gasteiger partial charge is 0.337 e. The lowest BCUT2D eigenvalue weighted by atomic mass is 10.4. The van der Waals surface area contributed by atoms with Crippen LogP contribution >= 0.6 is 11.8 Å². The van der Waals surface area contributed by atoms with Crippen molar-refractivity contribution in [2.45, 2.75) is 13.0 Å². The van der Waals surface area contributed by atoms with E-state index >= 15 is 0 Å². The Kier molecular flexibility index (Phi) is 3.48. The lowest BCUT2D eigenvalue weighted by Crippen LogP contribution is -2.26. The predicted octanol–water partition coefficient (Wildman–Crippen LogP) is 1.36. The molecule has 1 saturated heterocycles. The molecule has 0 saturated carbocycles. The zero-order valence-corrected chi connectivity index (χ0v) is 9.46. The predicted molar refractivity (Wildman–Crippen MR) is 60.4 cm³/mol. The minimum absolute atomic E-state index is 1.00. The molecule has 1 aromatic rings. The Balaban J connectivity index is 1.92. The number of thioether (sulfide) groups is 1. The molecule has 1 aliphatic rings. The van der Waals surface area contributed by atoms with Gasteiger partial charge in [-0.15, -0.1) is 0 Å². The van der Waals surface area contributed by atoms with Gasteiger partial charge in [0.15, 0.2) is 0 Å². The van der Waals surface area contributed by atoms with Crippen LogP contribution in [0.1, 0.15) is 12.2 Å². The minimum atomic E-state index is 1.00. The maximum atomic E-state index is 4.35. The van der Waals surface area contributed by atoms with E-state index in [0.717, 1.165) is 6.54 Å². The van der Waals surface area contributed by atoms with Crippen LogP contribution in [0.3, 0.4) is 0 Å². The van der Waals surface area contributed by atoms with Gasteiger partial charge in [-0.25, -0.2) is 4.98 Å². The van der Waals surface area contributed by atoms with Crippen LogP contribution < -0.4 is 0 Å². The second kappa shape index (κ2) is 4.84. The van der Waals surface area contributed by atoms with E-state index in [4.69, 9.17) is 0 Å². The van der Waals surface area contributed by atoms with E-state index in [2.05, 4.69) is 33.3 Å². The molecule has 3 nitrogen and oxygen atoms in total. The topological polar surface area (TPSA) is 21.1 Å². The summed E-state index contributed by atoms with van der Waals surface area (Å²) in [6.07, 6.45) is 5.21. The molecule has 0 aromatic carbocycles. The van der Waals surface area contributed by atoms with Crippen LogP contribution in [-0.2, 0) is 13.6 Å². The third kappa shape index (κ3) is 2.51. The molecule has 0 amide bonds. The fraction of sp³-hybridized carbons (Fsp3) is 0.700. The van der Waals surface area contributed by atoms with Crippen molar-refractivity contribution in [2.75, 3.05) is 24.6 Å². The number of rotatable bonds is 2. The summed E-state index contributed by atoms with van der Waals surface area (Å²) < 4.78 is 2.11. The molecular formula is C10H17N3S. The molecule has 78 valence electrons. The molecule has 1 aromatic heterocycles. The summed E-state index contributed by atoms with van der Waals surface area (Å²) in [5.74, 6) is 3.76. The average molecular weight is 211 g/mol. The van der Waals surface area contributed by atoms with Crippen molar-refractivity contribution in [1.29, 1.82) is 0 Å². The van der Waals surface area contributed by atoms with Crippen LogP contribution in [0.5, 0.6) is 0 Å². The van der Waals surface area contributed by atoms with E-state index in [1.54, 1.807) is 0 Å². The summed E-state index contributed by atoms with van der Waals surface area (Å²) in [5, 5.41) is 0. The maximum Gasteiger partial charge on any atom is 0.122 e. The van der Waals surface area contributed by atoms with Gasteiger partial charge < -0.3 is 4.57 Å². The summed E-state index contributed by atoms with van der Waals surface area (Å²) in [4.78, 5) is 6.86. The maximum absolute atomic E-state index is 4.35. The molecule has 14 heavy (non-hydrogen) atoms. The Morgan fingerprint density at radius 2 is 2.36 bits per heavy atom. The molecule has 1 fully saturated rings. The van der Waals surface area contributed by atoms with Crippen molar-refractivity contribution in [1.82, 2.24) is 14.5 Å². The van der Waals surface area contributed by atoms with E-state index in [0.29, 0.717) is 0 Å². The van der Waals surface area contributed by atoms with Crippen LogP contribution in [0, 0.1) is 0 Å². The first kappa shape index (κ1) is 10.1. The van der Waals surface area contributed by atoms with Gasteiger partial charge in [-0.1, -0.05) is 0 Å². The first-order valence-electron chi connectivity index (χ1n) is 5.12. The van der Waals surface area contributed by atoms with E-state index in [1.165, 1.54) is 36.8 Å². The van der Waals surface area contributed by atoms with E-state index < -0.39 is 0 Å². The standard InChI is InChI=1S/C10H17N3S/c1-12-5-3-11-10(12)9-13-4-2-7-14-8-6-13/h3,5H,2,4,6-9H2,1H3. The van der Waals surface area contributed by atoms with Crippen molar-refractivity contribution >= 4 is 11.8 Å². The van der Waals surface area contributed by atoms with Crippen molar-refractivity contribution in [2.24, 2.45) is 7.05 Å². The Hall–Kier alpha value is -0.480. The van der Waals surface area contributed by atoms with Gasteiger partial charge >= 0.3 is 0 Å². The second-order valence-corrected chi connectivity index (χ2v) is 4.92. The highest BCUT2D eigenvalue weighted by atomic mass is 32.2. The summed E-state index contributed by atoms with van der Waals surface area (Å²) in [7, 11) is 2.06. The van der Waals surface area contributed by atoms with Gasteiger partial charge in [0.2, 0.25) is 0 Å². The minimum Gasteiger partial charge on any atom is -0.337 e. The number of imidazole rings is 1. The van der Waals surface area contributed by atoms with E-state index in [-0.39, 0.29) is 0 Å². The van der Waals surface area contributed by atoms with E-state index in [1.807, 2.05) is 12.4 Å². The van der Waals surface area contributed by atoms with Gasteiger partial charge in [-0.05, 0) is 18.7 Å². The number of hydrogen-bond donors (Lipinski definition) is 0. The summed E-state index contributed by atoms with van der Waals surface area (Å²) in [6.45, 7) is 3.43. The molecule has 0 atom stereocenters. The van der Waals surface area contributed by atoms with Gasteiger partial charge in [0.1, 0.15) is 5.82 Å². The van der Waals surface area contributed by atoms with Crippen LogP contribution in [-0.4, -0.2) is 39.0 Å².